The zero-order chi connectivity index (χ0) is 13.0. The lowest BCUT2D eigenvalue weighted by Crippen LogP contribution is -2.45. The first-order valence-electron chi connectivity index (χ1n) is 6.22. The largest absolute Gasteiger partial charge is 0.506 e. The average molecular weight is 354 g/mol. The van der Waals surface area contributed by atoms with Crippen molar-refractivity contribution in [2.75, 3.05) is 32.9 Å². The van der Waals surface area contributed by atoms with Crippen molar-refractivity contribution >= 4 is 28.3 Å². The molecule has 0 saturated carbocycles. The van der Waals surface area contributed by atoms with Crippen molar-refractivity contribution in [3.05, 3.63) is 28.2 Å². The molecule has 0 bridgehead atoms. The number of halogens is 3. The number of rotatable bonds is 4. The first kappa shape index (κ1) is 16.7. The van der Waals surface area contributed by atoms with E-state index in [4.69, 9.17) is 0 Å². The van der Waals surface area contributed by atoms with Crippen molar-refractivity contribution in [3.8, 4) is 5.75 Å². The summed E-state index contributed by atoms with van der Waals surface area (Å²) >= 11 is 3.31. The highest BCUT2D eigenvalue weighted by atomic mass is 79.9. The maximum Gasteiger partial charge on any atom is 0.134 e. The van der Waals surface area contributed by atoms with Crippen LogP contribution in [0.15, 0.2) is 22.7 Å². The SMILES string of the molecule is Cl.Oc1c(Br)cccc1[C@H](CCF)N1CCNCC1. The monoisotopic (exact) mass is 352 g/mol. The molecule has 1 aliphatic rings. The van der Waals surface area contributed by atoms with Crippen molar-refractivity contribution < 1.29 is 9.50 Å². The maximum absolute atomic E-state index is 12.8. The van der Waals surface area contributed by atoms with Crippen molar-refractivity contribution in [2.24, 2.45) is 0 Å². The molecule has 3 nitrogen and oxygen atoms in total. The van der Waals surface area contributed by atoms with Gasteiger partial charge in [0.2, 0.25) is 0 Å². The number of phenolic OH excluding ortho intramolecular Hbond substituents is 1. The van der Waals surface area contributed by atoms with Crippen LogP contribution in [0, 0.1) is 0 Å². The van der Waals surface area contributed by atoms with Crippen LogP contribution >= 0.6 is 28.3 Å². The third kappa shape index (κ3) is 4.05. The normalized spacial score (nSPS) is 17.8. The van der Waals surface area contributed by atoms with E-state index in [-0.39, 0.29) is 30.9 Å². The van der Waals surface area contributed by atoms with E-state index >= 15 is 0 Å². The smallest absolute Gasteiger partial charge is 0.134 e. The molecule has 1 heterocycles. The minimum absolute atomic E-state index is 0. The van der Waals surface area contributed by atoms with E-state index in [2.05, 4.69) is 26.1 Å². The molecular formula is C13H19BrClFN2O. The van der Waals surface area contributed by atoms with Crippen molar-refractivity contribution in [3.63, 3.8) is 0 Å². The second-order valence-corrected chi connectivity index (χ2v) is 5.31. The fourth-order valence-electron chi connectivity index (χ4n) is 2.43. The summed E-state index contributed by atoms with van der Waals surface area (Å²) < 4.78 is 13.4. The lowest BCUT2D eigenvalue weighted by molar-refractivity contribution is 0.155. The second-order valence-electron chi connectivity index (χ2n) is 4.46. The molecule has 0 aliphatic carbocycles. The summed E-state index contributed by atoms with van der Waals surface area (Å²) in [6.07, 6.45) is 0.421. The van der Waals surface area contributed by atoms with E-state index in [1.165, 1.54) is 0 Å². The van der Waals surface area contributed by atoms with E-state index in [0.29, 0.717) is 10.9 Å². The molecule has 0 radical (unpaired) electrons. The number of benzene rings is 1. The Kier molecular flexibility index (Phi) is 7.07. The molecule has 1 atom stereocenters. The van der Waals surface area contributed by atoms with Gasteiger partial charge in [0.15, 0.2) is 0 Å². The summed E-state index contributed by atoms with van der Waals surface area (Å²) in [6.45, 7) is 3.23. The van der Waals surface area contributed by atoms with Gasteiger partial charge in [0, 0.05) is 37.8 Å². The van der Waals surface area contributed by atoms with Gasteiger partial charge in [0.05, 0.1) is 11.1 Å². The number of piperazine rings is 1. The van der Waals surface area contributed by atoms with Gasteiger partial charge in [-0.05, 0) is 28.4 Å². The Labute approximate surface area is 127 Å². The molecule has 2 N–H and O–H groups in total. The molecule has 1 saturated heterocycles. The topological polar surface area (TPSA) is 35.5 Å². The van der Waals surface area contributed by atoms with E-state index in [9.17, 15) is 9.50 Å². The van der Waals surface area contributed by atoms with Crippen LogP contribution in [0.2, 0.25) is 0 Å². The molecule has 0 spiro atoms. The summed E-state index contributed by atoms with van der Waals surface area (Å²) in [4.78, 5) is 2.23. The van der Waals surface area contributed by atoms with Crippen molar-refractivity contribution in [1.82, 2.24) is 10.2 Å². The molecule has 0 aromatic heterocycles. The fraction of sp³-hybridized carbons (Fsp3) is 0.538. The number of hydrogen-bond donors (Lipinski definition) is 2. The van der Waals surface area contributed by atoms with Gasteiger partial charge in [-0.25, -0.2) is 0 Å². The van der Waals surface area contributed by atoms with Gasteiger partial charge in [-0.1, -0.05) is 12.1 Å². The Morgan fingerprint density at radius 1 is 1.37 bits per heavy atom. The standard InChI is InChI=1S/C13H18BrFN2O.ClH/c14-11-3-1-2-10(13(11)18)12(4-5-15)17-8-6-16-7-9-17;/h1-3,12,16,18H,4-9H2;1H/t12-;/m0./s1. The molecule has 1 fully saturated rings. The predicted molar refractivity (Wildman–Crippen MR) is 80.8 cm³/mol. The highest BCUT2D eigenvalue weighted by molar-refractivity contribution is 9.10. The first-order chi connectivity index (χ1) is 8.74. The molecule has 0 unspecified atom stereocenters. The average Bonchev–Trinajstić information content (AvgIpc) is 2.41. The Bertz CT molecular complexity index is 402. The first-order valence-corrected chi connectivity index (χ1v) is 7.01. The van der Waals surface area contributed by atoms with Crippen molar-refractivity contribution in [2.45, 2.75) is 12.5 Å². The number of nitrogens with one attached hydrogen (secondary N) is 1. The zero-order valence-corrected chi connectivity index (χ0v) is 13.0. The third-order valence-corrected chi connectivity index (χ3v) is 3.99. The minimum Gasteiger partial charge on any atom is -0.506 e. The molecule has 6 heteroatoms. The molecule has 1 aromatic rings. The Morgan fingerprint density at radius 2 is 2.05 bits per heavy atom. The van der Waals surface area contributed by atoms with Crippen LogP contribution in [-0.2, 0) is 0 Å². The van der Waals surface area contributed by atoms with Gasteiger partial charge in [-0.2, -0.15) is 0 Å². The van der Waals surface area contributed by atoms with Crippen LogP contribution in [-0.4, -0.2) is 42.9 Å². The van der Waals surface area contributed by atoms with Crippen LogP contribution in [0.4, 0.5) is 4.39 Å². The number of para-hydroxylation sites is 1. The Hall–Kier alpha value is -0.360. The summed E-state index contributed by atoms with van der Waals surface area (Å²) in [5.74, 6) is 0.231. The van der Waals surface area contributed by atoms with Gasteiger partial charge in [0.1, 0.15) is 5.75 Å². The molecule has 108 valence electrons. The van der Waals surface area contributed by atoms with Crippen LogP contribution in [0.5, 0.6) is 5.75 Å². The summed E-state index contributed by atoms with van der Waals surface area (Å²) in [5.41, 5.74) is 0.809. The summed E-state index contributed by atoms with van der Waals surface area (Å²) in [6, 6.07) is 5.51. The quantitative estimate of drug-likeness (QED) is 0.874. The third-order valence-electron chi connectivity index (χ3n) is 3.35. The van der Waals surface area contributed by atoms with E-state index in [0.717, 1.165) is 31.7 Å². The highest BCUT2D eigenvalue weighted by Gasteiger charge is 2.24. The fourth-order valence-corrected chi connectivity index (χ4v) is 2.81. The van der Waals surface area contributed by atoms with E-state index < -0.39 is 0 Å². The van der Waals surface area contributed by atoms with Crippen LogP contribution in [0.1, 0.15) is 18.0 Å². The number of nitrogens with zero attached hydrogens (tertiary/aromatic N) is 1. The molecular weight excluding hydrogens is 335 g/mol. The van der Waals surface area contributed by atoms with Crippen molar-refractivity contribution in [1.29, 1.82) is 0 Å². The van der Waals surface area contributed by atoms with Crippen LogP contribution < -0.4 is 5.32 Å². The van der Waals surface area contributed by atoms with Crippen LogP contribution in [0.25, 0.3) is 0 Å². The van der Waals surface area contributed by atoms with Gasteiger partial charge < -0.3 is 10.4 Å². The Balaban J connectivity index is 0.00000180. The second kappa shape index (κ2) is 8.04. The van der Waals surface area contributed by atoms with Crippen LogP contribution in [0.3, 0.4) is 0 Å². The predicted octanol–water partition coefficient (Wildman–Crippen LogP) is 2.88. The number of alkyl halides is 1. The molecule has 1 aromatic carbocycles. The molecule has 1 aliphatic heterocycles. The van der Waals surface area contributed by atoms with Gasteiger partial charge in [0.25, 0.3) is 0 Å². The van der Waals surface area contributed by atoms with E-state index in [1.807, 2.05) is 12.1 Å². The number of aromatic hydroxyl groups is 1. The molecule has 19 heavy (non-hydrogen) atoms. The summed E-state index contributed by atoms with van der Waals surface area (Å²) in [7, 11) is 0. The molecule has 2 rings (SSSR count). The minimum atomic E-state index is -0.374. The summed E-state index contributed by atoms with van der Waals surface area (Å²) in [5, 5.41) is 13.4. The number of hydrogen-bond acceptors (Lipinski definition) is 3. The lowest BCUT2D eigenvalue weighted by atomic mass is 10.0. The highest BCUT2D eigenvalue weighted by Crippen LogP contribution is 2.36. The molecule has 0 amide bonds. The van der Waals surface area contributed by atoms with Gasteiger partial charge in [-0.3, -0.25) is 9.29 Å². The Morgan fingerprint density at radius 3 is 2.68 bits per heavy atom. The maximum atomic E-state index is 12.8. The van der Waals surface area contributed by atoms with Gasteiger partial charge >= 0.3 is 0 Å². The lowest BCUT2D eigenvalue weighted by Gasteiger charge is -2.35. The van der Waals surface area contributed by atoms with E-state index in [1.54, 1.807) is 6.07 Å². The zero-order valence-electron chi connectivity index (χ0n) is 10.6. The number of phenols is 1. The van der Waals surface area contributed by atoms with Gasteiger partial charge in [-0.15, -0.1) is 12.4 Å².